The quantitative estimate of drug-likeness (QED) is 0.307. The van der Waals surface area contributed by atoms with Gasteiger partial charge in [-0.2, -0.15) is 0 Å². The number of hydrogen-bond donors (Lipinski definition) is 0. The summed E-state index contributed by atoms with van der Waals surface area (Å²) in [7, 11) is 1.65. The zero-order valence-electron chi connectivity index (χ0n) is 18.9. The van der Waals surface area contributed by atoms with E-state index in [1.165, 1.54) is 6.07 Å². The number of fused-ring (bicyclic) bond motifs is 5. The van der Waals surface area contributed by atoms with Gasteiger partial charge in [-0.3, -0.25) is 0 Å². The van der Waals surface area contributed by atoms with Crippen LogP contribution in [0, 0.1) is 5.82 Å². The fourth-order valence-electron chi connectivity index (χ4n) is 4.59. The third kappa shape index (κ3) is 3.30. The lowest BCUT2D eigenvalue weighted by molar-refractivity contribution is 0.340. The number of aromatic nitrogens is 3. The maximum Gasteiger partial charge on any atom is 0.162 e. The van der Waals surface area contributed by atoms with Gasteiger partial charge in [0.05, 0.1) is 31.6 Å². The molecule has 0 fully saturated rings. The summed E-state index contributed by atoms with van der Waals surface area (Å²) in [6.45, 7) is 3.15. The summed E-state index contributed by atoms with van der Waals surface area (Å²) in [6.07, 6.45) is 0. The Balaban J connectivity index is 1.56. The van der Waals surface area contributed by atoms with E-state index in [0.29, 0.717) is 19.0 Å². The van der Waals surface area contributed by atoms with Crippen molar-refractivity contribution in [2.75, 3.05) is 13.7 Å². The van der Waals surface area contributed by atoms with Gasteiger partial charge in [0, 0.05) is 22.1 Å². The van der Waals surface area contributed by atoms with Gasteiger partial charge in [0.1, 0.15) is 23.0 Å². The molecule has 0 atom stereocenters. The van der Waals surface area contributed by atoms with Crippen molar-refractivity contribution in [3.8, 4) is 45.4 Å². The second-order valence-electron chi connectivity index (χ2n) is 8.24. The number of hydrogen-bond acceptors (Lipinski definition) is 4. The molecule has 5 nitrogen and oxygen atoms in total. The Morgan fingerprint density at radius 2 is 1.62 bits per heavy atom. The molecule has 1 aliphatic heterocycles. The normalized spacial score (nSPS) is 12.0. The largest absolute Gasteiger partial charge is 0.497 e. The van der Waals surface area contributed by atoms with Crippen molar-refractivity contribution in [3.63, 3.8) is 0 Å². The summed E-state index contributed by atoms with van der Waals surface area (Å²) >= 11 is 0. The lowest BCUT2D eigenvalue weighted by Gasteiger charge is -2.10. The maximum atomic E-state index is 13.9. The predicted octanol–water partition coefficient (Wildman–Crippen LogP) is 6.34. The summed E-state index contributed by atoms with van der Waals surface area (Å²) in [5.41, 5.74) is 6.57. The molecule has 34 heavy (non-hydrogen) atoms. The Morgan fingerprint density at radius 1 is 0.882 bits per heavy atom. The molecule has 0 aliphatic carbocycles. The first-order valence-electron chi connectivity index (χ1n) is 11.2. The van der Waals surface area contributed by atoms with Crippen LogP contribution in [-0.2, 0) is 6.54 Å². The van der Waals surface area contributed by atoms with Crippen molar-refractivity contribution < 1.29 is 13.9 Å². The molecule has 0 saturated carbocycles. The zero-order valence-corrected chi connectivity index (χ0v) is 18.9. The van der Waals surface area contributed by atoms with Gasteiger partial charge in [0.15, 0.2) is 5.82 Å². The predicted molar refractivity (Wildman–Crippen MR) is 131 cm³/mol. The number of ether oxygens (including phenoxy) is 2. The Morgan fingerprint density at radius 3 is 2.35 bits per heavy atom. The Bertz CT molecular complexity index is 1520. The van der Waals surface area contributed by atoms with Crippen molar-refractivity contribution in [1.82, 2.24) is 14.5 Å². The van der Waals surface area contributed by atoms with E-state index in [-0.39, 0.29) is 5.82 Å². The summed E-state index contributed by atoms with van der Waals surface area (Å²) in [4.78, 5) is 9.96. The highest BCUT2D eigenvalue weighted by Gasteiger charge is 2.25. The lowest BCUT2D eigenvalue weighted by atomic mass is 10.0. The first kappa shape index (κ1) is 20.4. The van der Waals surface area contributed by atoms with Crippen molar-refractivity contribution in [2.24, 2.45) is 0 Å². The molecule has 6 rings (SSSR count). The number of nitrogens with zero attached hydrogens (tertiary/aromatic N) is 3. The van der Waals surface area contributed by atoms with E-state index in [2.05, 4.69) is 10.6 Å². The topological polar surface area (TPSA) is 49.2 Å². The molecular weight excluding hydrogens is 429 g/mol. The van der Waals surface area contributed by atoms with Crippen LogP contribution in [0.5, 0.6) is 11.5 Å². The minimum atomic E-state index is -0.225. The smallest absolute Gasteiger partial charge is 0.162 e. The van der Waals surface area contributed by atoms with Gasteiger partial charge >= 0.3 is 0 Å². The molecule has 0 saturated heterocycles. The van der Waals surface area contributed by atoms with Gasteiger partial charge in [-0.15, -0.1) is 0 Å². The standard InChI is InChI=1S/C28H22FN3O2/c1-3-34-22-11-6-18(7-12-22)27-30-26(17-4-9-21(33-2)10-5-17)24-15-25-23-13-8-20(29)14-19(23)16-32(25)28(24)31-27/h4-15H,3,16H2,1-2H3. The second kappa shape index (κ2) is 7.99. The Labute approximate surface area is 196 Å². The Hall–Kier alpha value is -4.19. The van der Waals surface area contributed by atoms with Crippen LogP contribution in [-0.4, -0.2) is 28.3 Å². The third-order valence-electron chi connectivity index (χ3n) is 6.21. The summed E-state index contributed by atoms with van der Waals surface area (Å²) in [5, 5.41) is 0.963. The van der Waals surface area contributed by atoms with Gasteiger partial charge in [-0.1, -0.05) is 0 Å². The molecule has 168 valence electrons. The SMILES string of the molecule is CCOc1ccc(-c2nc(-c3ccc(OC)cc3)c3cc4n(c3n2)Cc2cc(F)ccc2-4)cc1. The first-order valence-corrected chi connectivity index (χ1v) is 11.2. The first-order chi connectivity index (χ1) is 16.6. The van der Waals surface area contributed by atoms with Crippen LogP contribution in [0.4, 0.5) is 4.39 Å². The molecule has 2 aromatic heterocycles. The second-order valence-corrected chi connectivity index (χ2v) is 8.24. The van der Waals surface area contributed by atoms with E-state index in [0.717, 1.165) is 56.2 Å². The van der Waals surface area contributed by atoms with Crippen LogP contribution in [0.15, 0.2) is 72.8 Å². The van der Waals surface area contributed by atoms with Crippen LogP contribution in [0.3, 0.4) is 0 Å². The van der Waals surface area contributed by atoms with Crippen LogP contribution in [0.2, 0.25) is 0 Å². The average molecular weight is 452 g/mol. The lowest BCUT2D eigenvalue weighted by Crippen LogP contribution is -2.00. The fourth-order valence-corrected chi connectivity index (χ4v) is 4.59. The average Bonchev–Trinajstić information content (AvgIpc) is 3.40. The minimum absolute atomic E-state index is 0.225. The monoisotopic (exact) mass is 451 g/mol. The molecule has 3 heterocycles. The van der Waals surface area contributed by atoms with Gasteiger partial charge in [0.2, 0.25) is 0 Å². The van der Waals surface area contributed by atoms with Gasteiger partial charge in [-0.25, -0.2) is 14.4 Å². The summed E-state index contributed by atoms with van der Waals surface area (Å²) < 4.78 is 26.9. The molecular formula is C28H22FN3O2. The maximum absolute atomic E-state index is 13.9. The van der Waals surface area contributed by atoms with Crippen LogP contribution < -0.4 is 9.47 Å². The zero-order chi connectivity index (χ0) is 23.2. The van der Waals surface area contributed by atoms with E-state index in [1.807, 2.05) is 61.5 Å². The van der Waals surface area contributed by atoms with Crippen molar-refractivity contribution in [2.45, 2.75) is 13.5 Å². The van der Waals surface area contributed by atoms with E-state index in [4.69, 9.17) is 19.4 Å². The summed E-state index contributed by atoms with van der Waals surface area (Å²) in [6, 6.07) is 22.8. The molecule has 6 heteroatoms. The molecule has 5 aromatic rings. The highest BCUT2D eigenvalue weighted by Crippen LogP contribution is 2.40. The van der Waals surface area contributed by atoms with Gasteiger partial charge in [-0.05, 0) is 85.3 Å². The van der Waals surface area contributed by atoms with Crippen molar-refractivity contribution >= 4 is 11.0 Å². The van der Waals surface area contributed by atoms with Crippen molar-refractivity contribution in [1.29, 1.82) is 0 Å². The van der Waals surface area contributed by atoms with Crippen LogP contribution >= 0.6 is 0 Å². The molecule has 0 radical (unpaired) electrons. The highest BCUT2D eigenvalue weighted by atomic mass is 19.1. The van der Waals surface area contributed by atoms with E-state index >= 15 is 0 Å². The molecule has 0 N–H and O–H groups in total. The molecule has 0 bridgehead atoms. The molecule has 0 unspecified atom stereocenters. The van der Waals surface area contributed by atoms with Gasteiger partial charge < -0.3 is 14.0 Å². The number of benzene rings is 3. The van der Waals surface area contributed by atoms with Crippen LogP contribution in [0.1, 0.15) is 12.5 Å². The third-order valence-corrected chi connectivity index (χ3v) is 6.21. The molecule has 0 amide bonds. The number of methoxy groups -OCH3 is 1. The number of rotatable bonds is 5. The van der Waals surface area contributed by atoms with Gasteiger partial charge in [0.25, 0.3) is 0 Å². The van der Waals surface area contributed by atoms with E-state index in [1.54, 1.807) is 13.2 Å². The van der Waals surface area contributed by atoms with Crippen LogP contribution in [0.25, 0.3) is 44.9 Å². The fraction of sp³-hybridized carbons (Fsp3) is 0.143. The molecule has 0 spiro atoms. The highest BCUT2D eigenvalue weighted by molar-refractivity contribution is 5.97. The summed E-state index contributed by atoms with van der Waals surface area (Å²) in [5.74, 6) is 2.00. The van der Waals surface area contributed by atoms with E-state index in [9.17, 15) is 4.39 Å². The van der Waals surface area contributed by atoms with Crippen molar-refractivity contribution in [3.05, 3.63) is 84.2 Å². The Kier molecular flexibility index (Phi) is 4.80. The number of halogens is 1. The molecule has 3 aromatic carbocycles. The molecule has 1 aliphatic rings. The van der Waals surface area contributed by atoms with E-state index < -0.39 is 0 Å². The minimum Gasteiger partial charge on any atom is -0.497 e.